The molecule has 0 atom stereocenters. The zero-order valence-electron chi connectivity index (χ0n) is 6.85. The molecule has 1 N–H and O–H groups in total. The molecule has 4 heteroatoms. The first-order chi connectivity index (χ1) is 6.24. The highest BCUT2D eigenvalue weighted by atomic mass is 79.9. The molecule has 1 rings (SSSR count). The summed E-state index contributed by atoms with van der Waals surface area (Å²) in [4.78, 5) is 0. The van der Waals surface area contributed by atoms with Crippen molar-refractivity contribution in [3.05, 3.63) is 28.5 Å². The number of hydrogen-bond donors (Lipinski definition) is 1. The van der Waals surface area contributed by atoms with Crippen molar-refractivity contribution in [2.24, 2.45) is 0 Å². The van der Waals surface area contributed by atoms with Gasteiger partial charge in [-0.3, -0.25) is 0 Å². The van der Waals surface area contributed by atoms with E-state index in [1.165, 1.54) is 6.07 Å². The normalized spacial score (nSPS) is 9.31. The van der Waals surface area contributed by atoms with Crippen molar-refractivity contribution in [1.82, 2.24) is 0 Å². The van der Waals surface area contributed by atoms with E-state index >= 15 is 0 Å². The molecule has 0 unspecified atom stereocenters. The standard InChI is InChI=1S/C9H8BrFN2/c10-7-2-3-9(8(11)6-7)13-5-1-4-12/h2-3,6,13H,1,5H2. The smallest absolute Gasteiger partial charge is 0.147 e. The largest absolute Gasteiger partial charge is 0.382 e. The quantitative estimate of drug-likeness (QED) is 0.828. The third-order valence-electron chi connectivity index (χ3n) is 1.48. The van der Waals surface area contributed by atoms with Crippen LogP contribution in [-0.4, -0.2) is 6.54 Å². The highest BCUT2D eigenvalue weighted by Gasteiger charge is 2.00. The summed E-state index contributed by atoms with van der Waals surface area (Å²) in [5.74, 6) is -0.313. The molecule has 13 heavy (non-hydrogen) atoms. The summed E-state index contributed by atoms with van der Waals surface area (Å²) in [5.41, 5.74) is 0.429. The molecule has 0 aliphatic carbocycles. The van der Waals surface area contributed by atoms with Crippen molar-refractivity contribution < 1.29 is 4.39 Å². The fourth-order valence-electron chi connectivity index (χ4n) is 0.886. The molecule has 0 heterocycles. The first kappa shape index (κ1) is 10.0. The maximum Gasteiger partial charge on any atom is 0.147 e. The van der Waals surface area contributed by atoms with Crippen LogP contribution in [0.25, 0.3) is 0 Å². The van der Waals surface area contributed by atoms with E-state index in [1.807, 2.05) is 6.07 Å². The Labute approximate surface area is 84.5 Å². The second-order valence-corrected chi connectivity index (χ2v) is 3.37. The second kappa shape index (κ2) is 4.83. The van der Waals surface area contributed by atoms with Crippen molar-refractivity contribution in [2.45, 2.75) is 6.42 Å². The summed E-state index contributed by atoms with van der Waals surface area (Å²) in [6.45, 7) is 0.467. The van der Waals surface area contributed by atoms with Crippen LogP contribution in [0.5, 0.6) is 0 Å². The minimum absolute atomic E-state index is 0.313. The van der Waals surface area contributed by atoms with Crippen LogP contribution in [0.2, 0.25) is 0 Å². The van der Waals surface area contributed by atoms with Gasteiger partial charge in [-0.15, -0.1) is 0 Å². The molecule has 1 aromatic rings. The van der Waals surface area contributed by atoms with Crippen LogP contribution < -0.4 is 5.32 Å². The Kier molecular flexibility index (Phi) is 3.71. The van der Waals surface area contributed by atoms with Gasteiger partial charge in [0, 0.05) is 11.0 Å². The predicted molar refractivity (Wildman–Crippen MR) is 52.8 cm³/mol. The summed E-state index contributed by atoms with van der Waals surface area (Å²) >= 11 is 3.16. The summed E-state index contributed by atoms with van der Waals surface area (Å²) in [6, 6.07) is 6.74. The van der Waals surface area contributed by atoms with E-state index in [1.54, 1.807) is 12.1 Å². The Balaban J connectivity index is 2.62. The molecule has 0 bridgehead atoms. The zero-order chi connectivity index (χ0) is 9.68. The Morgan fingerprint density at radius 1 is 1.54 bits per heavy atom. The Morgan fingerprint density at radius 2 is 2.31 bits per heavy atom. The summed E-state index contributed by atoms with van der Waals surface area (Å²) < 4.78 is 13.8. The monoisotopic (exact) mass is 242 g/mol. The minimum Gasteiger partial charge on any atom is -0.382 e. The topological polar surface area (TPSA) is 35.8 Å². The molecule has 0 aliphatic heterocycles. The van der Waals surface area contributed by atoms with Crippen LogP contribution in [0, 0.1) is 17.1 Å². The van der Waals surface area contributed by atoms with Crippen LogP contribution in [0.4, 0.5) is 10.1 Å². The molecule has 2 nitrogen and oxygen atoms in total. The van der Waals surface area contributed by atoms with Crippen molar-refractivity contribution in [2.75, 3.05) is 11.9 Å². The van der Waals surface area contributed by atoms with Gasteiger partial charge < -0.3 is 5.32 Å². The molecule has 1 aromatic carbocycles. The van der Waals surface area contributed by atoms with Crippen molar-refractivity contribution in [1.29, 1.82) is 5.26 Å². The van der Waals surface area contributed by atoms with E-state index in [0.29, 0.717) is 23.1 Å². The average molecular weight is 243 g/mol. The molecular formula is C9H8BrFN2. The molecular weight excluding hydrogens is 235 g/mol. The molecule has 0 aromatic heterocycles. The molecule has 0 spiro atoms. The SMILES string of the molecule is N#CCCNc1ccc(Br)cc1F. The number of benzene rings is 1. The van der Waals surface area contributed by atoms with Gasteiger partial charge >= 0.3 is 0 Å². The maximum absolute atomic E-state index is 13.1. The van der Waals surface area contributed by atoms with Gasteiger partial charge in [-0.05, 0) is 18.2 Å². The summed E-state index contributed by atoms with van der Waals surface area (Å²) in [7, 11) is 0. The van der Waals surface area contributed by atoms with E-state index in [9.17, 15) is 4.39 Å². The van der Waals surface area contributed by atoms with Crippen LogP contribution in [0.3, 0.4) is 0 Å². The summed E-state index contributed by atoms with van der Waals surface area (Å²) in [6.07, 6.45) is 0.371. The number of hydrogen-bond acceptors (Lipinski definition) is 2. The minimum atomic E-state index is -0.313. The van der Waals surface area contributed by atoms with Gasteiger partial charge in [-0.2, -0.15) is 5.26 Å². The number of nitrogens with one attached hydrogen (secondary N) is 1. The van der Waals surface area contributed by atoms with Gasteiger partial charge in [0.05, 0.1) is 18.2 Å². The Morgan fingerprint density at radius 3 is 2.92 bits per heavy atom. The number of halogens is 2. The Hall–Kier alpha value is -1.08. The van der Waals surface area contributed by atoms with Crippen molar-refractivity contribution >= 4 is 21.6 Å². The van der Waals surface area contributed by atoms with E-state index in [2.05, 4.69) is 21.2 Å². The van der Waals surface area contributed by atoms with E-state index in [0.717, 1.165) is 0 Å². The predicted octanol–water partition coefficient (Wildman–Crippen LogP) is 2.91. The maximum atomic E-state index is 13.1. The second-order valence-electron chi connectivity index (χ2n) is 2.46. The lowest BCUT2D eigenvalue weighted by Gasteiger charge is -2.04. The van der Waals surface area contributed by atoms with Gasteiger partial charge in [0.1, 0.15) is 5.82 Å². The summed E-state index contributed by atoms with van der Waals surface area (Å²) in [5, 5.41) is 11.1. The molecule has 0 aliphatic rings. The van der Waals surface area contributed by atoms with Crippen LogP contribution in [-0.2, 0) is 0 Å². The first-order valence-corrected chi connectivity index (χ1v) is 4.59. The number of nitriles is 1. The highest BCUT2D eigenvalue weighted by Crippen LogP contribution is 2.18. The lowest BCUT2D eigenvalue weighted by molar-refractivity contribution is 0.629. The van der Waals surface area contributed by atoms with Gasteiger partial charge in [0.2, 0.25) is 0 Å². The third kappa shape index (κ3) is 3.03. The first-order valence-electron chi connectivity index (χ1n) is 3.80. The van der Waals surface area contributed by atoms with Gasteiger partial charge in [-0.1, -0.05) is 15.9 Å². The third-order valence-corrected chi connectivity index (χ3v) is 1.98. The van der Waals surface area contributed by atoms with Gasteiger partial charge in [0.15, 0.2) is 0 Å². The van der Waals surface area contributed by atoms with Gasteiger partial charge in [-0.25, -0.2) is 4.39 Å². The van der Waals surface area contributed by atoms with Crippen LogP contribution in [0.1, 0.15) is 6.42 Å². The lowest BCUT2D eigenvalue weighted by atomic mass is 10.3. The molecule has 0 amide bonds. The average Bonchev–Trinajstić information content (AvgIpc) is 2.09. The van der Waals surface area contributed by atoms with Crippen LogP contribution in [0.15, 0.2) is 22.7 Å². The van der Waals surface area contributed by atoms with E-state index in [4.69, 9.17) is 5.26 Å². The molecule has 0 saturated heterocycles. The Bertz CT molecular complexity index is 333. The molecule has 68 valence electrons. The molecule has 0 fully saturated rings. The molecule has 0 radical (unpaired) electrons. The fourth-order valence-corrected chi connectivity index (χ4v) is 1.22. The fraction of sp³-hybridized carbons (Fsp3) is 0.222. The highest BCUT2D eigenvalue weighted by molar-refractivity contribution is 9.10. The zero-order valence-corrected chi connectivity index (χ0v) is 8.44. The van der Waals surface area contributed by atoms with Crippen LogP contribution >= 0.6 is 15.9 Å². The number of rotatable bonds is 3. The lowest BCUT2D eigenvalue weighted by Crippen LogP contribution is -2.02. The van der Waals surface area contributed by atoms with Crippen molar-refractivity contribution in [3.63, 3.8) is 0 Å². The number of nitrogens with zero attached hydrogens (tertiary/aromatic N) is 1. The van der Waals surface area contributed by atoms with Gasteiger partial charge in [0.25, 0.3) is 0 Å². The molecule has 0 saturated carbocycles. The van der Waals surface area contributed by atoms with Crippen molar-refractivity contribution in [3.8, 4) is 6.07 Å². The van der Waals surface area contributed by atoms with E-state index < -0.39 is 0 Å². The van der Waals surface area contributed by atoms with E-state index in [-0.39, 0.29) is 5.82 Å². The number of anilines is 1.